The summed E-state index contributed by atoms with van der Waals surface area (Å²) < 4.78 is 38.0. The first-order valence-corrected chi connectivity index (χ1v) is 19.2. The maximum Gasteiger partial charge on any atom is 0.0645 e. The molecule has 0 unspecified atom stereocenters. The average molecular weight is 720 g/mol. The fraction of sp³-hybridized carbons (Fsp3) is 0.0545. The fourth-order valence-corrected chi connectivity index (χ4v) is 8.50. The molecular formula is C55H41N. The lowest BCUT2D eigenvalue weighted by atomic mass is 9.79. The second kappa shape index (κ2) is 13.7. The van der Waals surface area contributed by atoms with E-state index in [0.717, 1.165) is 50.0 Å². The standard InChI is InChI=1S/C55H41N/c1-55(2)53-21-9-8-18-51(53)52-20-11-19-50(54(52)55)42-28-34-49(35-29-42)56(47-30-24-40(25-31-47)38-12-4-3-5-13-38)48-32-26-41(27-33-48)44-16-10-17-45(36-44)46-23-22-39-14-6-7-15-43(39)37-46/h3-37H,1-2H3/i26D,27D,32D,33D. The van der Waals surface area contributed by atoms with Gasteiger partial charge < -0.3 is 4.90 Å². The maximum absolute atomic E-state index is 9.57. The Kier molecular flexibility index (Phi) is 7.20. The summed E-state index contributed by atoms with van der Waals surface area (Å²) in [5.74, 6) is 0. The predicted octanol–water partition coefficient (Wildman–Crippen LogP) is 15.3. The van der Waals surface area contributed by atoms with Gasteiger partial charge in [-0.05, 0) is 126 Å². The number of rotatable bonds is 7. The molecule has 9 aromatic rings. The smallest absolute Gasteiger partial charge is 0.0645 e. The van der Waals surface area contributed by atoms with Crippen LogP contribution in [0.3, 0.4) is 0 Å². The Hall–Kier alpha value is -6.96. The molecule has 0 bridgehead atoms. The third-order valence-electron chi connectivity index (χ3n) is 11.3. The number of benzene rings is 9. The Balaban J connectivity index is 1.09. The van der Waals surface area contributed by atoms with Crippen LogP contribution in [0.1, 0.15) is 30.5 Å². The van der Waals surface area contributed by atoms with E-state index in [1.807, 2.05) is 95.9 Å². The van der Waals surface area contributed by atoms with E-state index in [9.17, 15) is 5.48 Å². The summed E-state index contributed by atoms with van der Waals surface area (Å²) in [4.78, 5) is 1.86. The van der Waals surface area contributed by atoms with Crippen LogP contribution in [0.5, 0.6) is 0 Å². The quantitative estimate of drug-likeness (QED) is 0.159. The molecule has 0 aromatic heterocycles. The second-order valence-corrected chi connectivity index (χ2v) is 15.1. The third-order valence-corrected chi connectivity index (χ3v) is 11.3. The Morgan fingerprint density at radius 3 is 1.62 bits per heavy atom. The van der Waals surface area contributed by atoms with Gasteiger partial charge in [-0.3, -0.25) is 0 Å². The van der Waals surface area contributed by atoms with Gasteiger partial charge in [0.15, 0.2) is 0 Å². The summed E-state index contributed by atoms with van der Waals surface area (Å²) in [5, 5.41) is 2.28. The molecule has 0 amide bonds. The number of hydrogen-bond donors (Lipinski definition) is 0. The van der Waals surface area contributed by atoms with E-state index in [0.29, 0.717) is 5.56 Å². The minimum atomic E-state index is -0.181. The molecule has 0 spiro atoms. The van der Waals surface area contributed by atoms with Gasteiger partial charge in [-0.25, -0.2) is 0 Å². The van der Waals surface area contributed by atoms with Crippen LogP contribution in [0.4, 0.5) is 17.1 Å². The molecule has 1 aliphatic rings. The van der Waals surface area contributed by atoms with E-state index in [1.54, 1.807) is 0 Å². The second-order valence-electron chi connectivity index (χ2n) is 15.1. The first-order valence-electron chi connectivity index (χ1n) is 21.2. The highest BCUT2D eigenvalue weighted by atomic mass is 15.1. The highest BCUT2D eigenvalue weighted by Crippen LogP contribution is 2.52. The lowest BCUT2D eigenvalue weighted by Gasteiger charge is -2.27. The van der Waals surface area contributed by atoms with Gasteiger partial charge in [0, 0.05) is 22.5 Å². The van der Waals surface area contributed by atoms with Crippen molar-refractivity contribution in [1.82, 2.24) is 0 Å². The molecule has 9 aromatic carbocycles. The summed E-state index contributed by atoms with van der Waals surface area (Å²) in [6, 6.07) is 63.6. The predicted molar refractivity (Wildman–Crippen MR) is 238 cm³/mol. The molecule has 1 aliphatic carbocycles. The van der Waals surface area contributed by atoms with Crippen LogP contribution in [-0.2, 0) is 5.41 Å². The highest BCUT2D eigenvalue weighted by molar-refractivity contribution is 5.90. The Morgan fingerprint density at radius 1 is 0.357 bits per heavy atom. The van der Waals surface area contributed by atoms with E-state index in [4.69, 9.17) is 0 Å². The third kappa shape index (κ3) is 5.90. The highest BCUT2D eigenvalue weighted by Gasteiger charge is 2.37. The SMILES string of the molecule is [2H]c1c([2H])c(N(c2ccc(-c3ccccc3)cc2)c2ccc(-c3cccc4c3C(C)(C)c3ccccc3-4)cc2)c([2H])c([2H])c1-c1cccc(-c2ccc3ccccc3c2)c1. The minimum absolute atomic E-state index is 0.0918. The first-order chi connectivity index (χ1) is 29.2. The average Bonchev–Trinajstić information content (AvgIpc) is 3.53. The molecule has 1 heteroatoms. The van der Waals surface area contributed by atoms with Crippen molar-refractivity contribution in [2.45, 2.75) is 19.3 Å². The van der Waals surface area contributed by atoms with E-state index >= 15 is 0 Å². The van der Waals surface area contributed by atoms with E-state index in [1.165, 1.54) is 27.8 Å². The molecule has 0 radical (unpaired) electrons. The number of nitrogens with zero attached hydrogens (tertiary/aromatic N) is 1. The summed E-state index contributed by atoms with van der Waals surface area (Å²) >= 11 is 0. The fourth-order valence-electron chi connectivity index (χ4n) is 8.50. The maximum atomic E-state index is 9.57. The van der Waals surface area contributed by atoms with E-state index < -0.39 is 0 Å². The molecule has 0 saturated carbocycles. The van der Waals surface area contributed by atoms with Crippen molar-refractivity contribution in [2.75, 3.05) is 4.90 Å². The Bertz CT molecular complexity index is 3070. The van der Waals surface area contributed by atoms with Gasteiger partial charge in [0.25, 0.3) is 0 Å². The largest absolute Gasteiger partial charge is 0.311 e. The van der Waals surface area contributed by atoms with Crippen LogP contribution in [-0.4, -0.2) is 0 Å². The topological polar surface area (TPSA) is 3.24 Å². The zero-order chi connectivity index (χ0) is 41.1. The summed E-state index contributed by atoms with van der Waals surface area (Å²) in [6.45, 7) is 4.59. The number of anilines is 3. The van der Waals surface area contributed by atoms with Gasteiger partial charge in [0.2, 0.25) is 0 Å². The van der Waals surface area contributed by atoms with Crippen LogP contribution >= 0.6 is 0 Å². The molecular weight excluding hydrogens is 675 g/mol. The van der Waals surface area contributed by atoms with Gasteiger partial charge in [-0.2, -0.15) is 0 Å². The zero-order valence-corrected chi connectivity index (χ0v) is 31.3. The Morgan fingerprint density at radius 2 is 0.875 bits per heavy atom. The molecule has 0 fully saturated rings. The number of hydrogen-bond acceptors (Lipinski definition) is 1. The summed E-state index contributed by atoms with van der Waals surface area (Å²) in [6.07, 6.45) is 0. The van der Waals surface area contributed by atoms with Crippen molar-refractivity contribution in [3.8, 4) is 55.6 Å². The van der Waals surface area contributed by atoms with Crippen LogP contribution in [0.2, 0.25) is 0 Å². The summed E-state index contributed by atoms with van der Waals surface area (Å²) in [7, 11) is 0. The monoisotopic (exact) mass is 719 g/mol. The Labute approximate surface area is 335 Å². The van der Waals surface area contributed by atoms with Crippen molar-refractivity contribution >= 4 is 27.8 Å². The van der Waals surface area contributed by atoms with E-state index in [2.05, 4.69) is 111 Å². The molecule has 0 atom stereocenters. The lowest BCUT2D eigenvalue weighted by Crippen LogP contribution is -2.16. The molecule has 10 rings (SSSR count). The van der Waals surface area contributed by atoms with Gasteiger partial charge in [0.05, 0.1) is 5.48 Å². The van der Waals surface area contributed by atoms with Gasteiger partial charge in [-0.1, -0.05) is 178 Å². The zero-order valence-electron chi connectivity index (χ0n) is 35.3. The lowest BCUT2D eigenvalue weighted by molar-refractivity contribution is 0.662. The molecule has 266 valence electrons. The molecule has 0 saturated heterocycles. The van der Waals surface area contributed by atoms with Crippen LogP contribution in [0.25, 0.3) is 66.4 Å². The van der Waals surface area contributed by atoms with Crippen molar-refractivity contribution in [2.24, 2.45) is 0 Å². The van der Waals surface area contributed by atoms with Crippen molar-refractivity contribution in [3.63, 3.8) is 0 Å². The van der Waals surface area contributed by atoms with Crippen molar-refractivity contribution in [3.05, 3.63) is 223 Å². The minimum Gasteiger partial charge on any atom is -0.311 e. The van der Waals surface area contributed by atoms with Gasteiger partial charge in [-0.15, -0.1) is 0 Å². The first kappa shape index (κ1) is 29.4. The number of fused-ring (bicyclic) bond motifs is 4. The van der Waals surface area contributed by atoms with Crippen LogP contribution < -0.4 is 4.90 Å². The normalized spacial score (nSPS) is 13.6. The summed E-state index contributed by atoms with van der Waals surface area (Å²) in [5.41, 5.74) is 13.8. The molecule has 0 heterocycles. The molecule has 1 nitrogen and oxygen atoms in total. The van der Waals surface area contributed by atoms with Crippen molar-refractivity contribution in [1.29, 1.82) is 0 Å². The van der Waals surface area contributed by atoms with Crippen LogP contribution in [0.15, 0.2) is 212 Å². The van der Waals surface area contributed by atoms with Gasteiger partial charge in [0.1, 0.15) is 0 Å². The van der Waals surface area contributed by atoms with Gasteiger partial charge >= 0.3 is 0 Å². The van der Waals surface area contributed by atoms with Crippen molar-refractivity contribution < 1.29 is 5.48 Å². The van der Waals surface area contributed by atoms with Crippen LogP contribution in [0, 0.1) is 0 Å². The molecule has 0 N–H and O–H groups in total. The molecule has 56 heavy (non-hydrogen) atoms. The van der Waals surface area contributed by atoms with E-state index in [-0.39, 0.29) is 40.8 Å². The molecule has 0 aliphatic heterocycles.